The highest BCUT2D eigenvalue weighted by Crippen LogP contribution is 2.48. The van der Waals surface area contributed by atoms with Crippen molar-refractivity contribution in [1.29, 1.82) is 0 Å². The number of fused-ring (bicyclic) bond motifs is 3. The van der Waals surface area contributed by atoms with E-state index in [4.69, 9.17) is 11.6 Å². The second kappa shape index (κ2) is 7.31. The Morgan fingerprint density at radius 2 is 1.77 bits per heavy atom. The Morgan fingerprint density at radius 1 is 1.00 bits per heavy atom. The average Bonchev–Trinajstić information content (AvgIpc) is 2.65. The first-order valence-electron chi connectivity index (χ1n) is 9.84. The zero-order valence-corrected chi connectivity index (χ0v) is 16.0. The molecule has 2 aliphatic carbocycles. The monoisotopic (exact) mass is 374 g/mol. The minimum atomic E-state index is -0.700. The van der Waals surface area contributed by atoms with Crippen molar-refractivity contribution in [2.24, 2.45) is 11.8 Å². The Morgan fingerprint density at radius 3 is 2.50 bits per heavy atom. The molecule has 3 heteroatoms. The summed E-state index contributed by atoms with van der Waals surface area (Å²) in [6, 6.07) is 9.00. The molecule has 1 fully saturated rings. The molecule has 2 aromatic carbocycles. The molecule has 138 valence electrons. The molecule has 0 bridgehead atoms. The normalized spacial score (nSPS) is 24.8. The summed E-state index contributed by atoms with van der Waals surface area (Å²) in [5.41, 5.74) is 4.25. The zero-order chi connectivity index (χ0) is 18.3. The fraction of sp³-hybridized carbons (Fsp3) is 0.478. The third-order valence-corrected chi connectivity index (χ3v) is 6.79. The third-order valence-electron chi connectivity index (χ3n) is 6.43. The first-order chi connectivity index (χ1) is 12.6. The van der Waals surface area contributed by atoms with E-state index >= 15 is 0 Å². The average molecular weight is 375 g/mol. The van der Waals surface area contributed by atoms with Gasteiger partial charge in [-0.15, -0.1) is 0 Å². The fourth-order valence-corrected chi connectivity index (χ4v) is 5.30. The predicted octanol–water partition coefficient (Wildman–Crippen LogP) is 7.53. The molecule has 0 aliphatic heterocycles. The molecular weight excluding hydrogens is 350 g/mol. The molecule has 1 saturated carbocycles. The van der Waals surface area contributed by atoms with Gasteiger partial charge in [0.25, 0.3) is 0 Å². The van der Waals surface area contributed by atoms with Gasteiger partial charge in [-0.3, -0.25) is 0 Å². The Labute approximate surface area is 159 Å². The largest absolute Gasteiger partial charge is 0.205 e. The van der Waals surface area contributed by atoms with Crippen LogP contribution >= 0.6 is 11.6 Å². The van der Waals surface area contributed by atoms with E-state index in [0.29, 0.717) is 11.5 Å². The Bertz CT molecular complexity index is 791. The quantitative estimate of drug-likeness (QED) is 0.487. The number of hydrogen-bond donors (Lipinski definition) is 0. The molecule has 0 N–H and O–H groups in total. The Kier molecular flexibility index (Phi) is 5.05. The van der Waals surface area contributed by atoms with Gasteiger partial charge in [0, 0.05) is 0 Å². The molecule has 3 unspecified atom stereocenters. The van der Waals surface area contributed by atoms with Gasteiger partial charge >= 0.3 is 0 Å². The van der Waals surface area contributed by atoms with E-state index in [9.17, 15) is 8.78 Å². The van der Waals surface area contributed by atoms with E-state index in [1.807, 2.05) is 6.07 Å². The molecule has 26 heavy (non-hydrogen) atoms. The molecular formula is C23H25ClF2. The standard InChI is InChI=1S/C23H25ClF2/c1-2-3-14-4-8-19-16(10-14)5-6-17-11-15(7-9-20(17)19)18-12-21(25)23(24)22(26)13-18/h7,9,11-14,16,19H,2-6,8,10H2,1H3. The lowest BCUT2D eigenvalue weighted by Crippen LogP contribution is -2.28. The summed E-state index contributed by atoms with van der Waals surface area (Å²) < 4.78 is 27.6. The maximum Gasteiger partial charge on any atom is 0.145 e. The lowest BCUT2D eigenvalue weighted by Gasteiger charge is -2.40. The van der Waals surface area contributed by atoms with Crippen LogP contribution in [-0.4, -0.2) is 0 Å². The van der Waals surface area contributed by atoms with Crippen LogP contribution in [0, 0.1) is 23.5 Å². The summed E-state index contributed by atoms with van der Waals surface area (Å²) in [5.74, 6) is 0.980. The highest BCUT2D eigenvalue weighted by Gasteiger charge is 2.34. The van der Waals surface area contributed by atoms with Crippen LogP contribution < -0.4 is 0 Å². The van der Waals surface area contributed by atoms with Crippen molar-refractivity contribution in [3.8, 4) is 11.1 Å². The fourth-order valence-electron chi connectivity index (χ4n) is 5.19. The smallest absolute Gasteiger partial charge is 0.145 e. The Balaban J connectivity index is 1.61. The summed E-state index contributed by atoms with van der Waals surface area (Å²) in [4.78, 5) is 0. The van der Waals surface area contributed by atoms with E-state index in [1.165, 1.54) is 61.8 Å². The van der Waals surface area contributed by atoms with Crippen molar-refractivity contribution in [1.82, 2.24) is 0 Å². The van der Waals surface area contributed by atoms with E-state index in [2.05, 4.69) is 19.1 Å². The lowest BCUT2D eigenvalue weighted by atomic mass is 9.64. The SMILES string of the molecule is CCCC1CCC2c3ccc(-c4cc(F)c(Cl)c(F)c4)cc3CCC2C1. The van der Waals surface area contributed by atoms with Crippen LogP contribution in [0.5, 0.6) is 0 Å². The van der Waals surface area contributed by atoms with Gasteiger partial charge in [0.2, 0.25) is 0 Å². The van der Waals surface area contributed by atoms with E-state index in [-0.39, 0.29) is 0 Å². The van der Waals surface area contributed by atoms with Crippen LogP contribution in [0.3, 0.4) is 0 Å². The van der Waals surface area contributed by atoms with Crippen molar-refractivity contribution in [2.75, 3.05) is 0 Å². The van der Waals surface area contributed by atoms with Gasteiger partial charge in [0.15, 0.2) is 0 Å². The second-order valence-electron chi connectivity index (χ2n) is 8.04. The van der Waals surface area contributed by atoms with Gasteiger partial charge in [-0.2, -0.15) is 0 Å². The minimum Gasteiger partial charge on any atom is -0.205 e. The number of benzene rings is 2. The highest BCUT2D eigenvalue weighted by molar-refractivity contribution is 6.31. The second-order valence-corrected chi connectivity index (χ2v) is 8.42. The zero-order valence-electron chi connectivity index (χ0n) is 15.2. The first-order valence-corrected chi connectivity index (χ1v) is 10.2. The Hall–Kier alpha value is -1.41. The molecule has 2 aromatic rings. The van der Waals surface area contributed by atoms with E-state index < -0.39 is 16.7 Å². The van der Waals surface area contributed by atoms with Crippen LogP contribution in [0.1, 0.15) is 62.5 Å². The lowest BCUT2D eigenvalue weighted by molar-refractivity contribution is 0.201. The number of aryl methyl sites for hydroxylation is 1. The van der Waals surface area contributed by atoms with Crippen LogP contribution in [0.25, 0.3) is 11.1 Å². The van der Waals surface area contributed by atoms with Gasteiger partial charge in [0.1, 0.15) is 16.7 Å². The molecule has 4 rings (SSSR count). The molecule has 0 nitrogen and oxygen atoms in total. The first kappa shape index (κ1) is 18.0. The number of rotatable bonds is 3. The summed E-state index contributed by atoms with van der Waals surface area (Å²) in [6.07, 6.45) is 8.95. The van der Waals surface area contributed by atoms with Crippen LogP contribution in [0.2, 0.25) is 5.02 Å². The third kappa shape index (κ3) is 3.29. The highest BCUT2D eigenvalue weighted by atomic mass is 35.5. The molecule has 0 radical (unpaired) electrons. The van der Waals surface area contributed by atoms with Crippen LogP contribution in [-0.2, 0) is 6.42 Å². The van der Waals surface area contributed by atoms with Gasteiger partial charge in [-0.1, -0.05) is 49.6 Å². The van der Waals surface area contributed by atoms with Crippen molar-refractivity contribution < 1.29 is 8.78 Å². The van der Waals surface area contributed by atoms with Gasteiger partial charge in [-0.05, 0) is 84.2 Å². The van der Waals surface area contributed by atoms with E-state index in [1.54, 1.807) is 0 Å². The number of hydrogen-bond acceptors (Lipinski definition) is 0. The molecule has 2 aliphatic rings. The van der Waals surface area contributed by atoms with E-state index in [0.717, 1.165) is 23.8 Å². The van der Waals surface area contributed by atoms with Gasteiger partial charge < -0.3 is 0 Å². The molecule has 0 saturated heterocycles. The molecule has 0 amide bonds. The summed E-state index contributed by atoms with van der Waals surface area (Å²) in [5, 5.41) is -0.432. The number of halogens is 3. The summed E-state index contributed by atoms with van der Waals surface area (Å²) in [6.45, 7) is 2.28. The topological polar surface area (TPSA) is 0 Å². The van der Waals surface area contributed by atoms with Crippen molar-refractivity contribution in [3.05, 3.63) is 58.1 Å². The van der Waals surface area contributed by atoms with Crippen molar-refractivity contribution >= 4 is 11.6 Å². The van der Waals surface area contributed by atoms with Gasteiger partial charge in [0.05, 0.1) is 0 Å². The van der Waals surface area contributed by atoms with Gasteiger partial charge in [-0.25, -0.2) is 8.78 Å². The molecule has 0 heterocycles. The molecule has 0 aromatic heterocycles. The predicted molar refractivity (Wildman–Crippen MR) is 104 cm³/mol. The van der Waals surface area contributed by atoms with Crippen LogP contribution in [0.15, 0.2) is 30.3 Å². The minimum absolute atomic E-state index is 0.432. The molecule has 3 atom stereocenters. The maximum absolute atomic E-state index is 13.8. The maximum atomic E-state index is 13.8. The summed E-state index contributed by atoms with van der Waals surface area (Å²) >= 11 is 5.61. The van der Waals surface area contributed by atoms with Crippen molar-refractivity contribution in [3.63, 3.8) is 0 Å². The molecule has 0 spiro atoms. The van der Waals surface area contributed by atoms with Crippen LogP contribution in [0.4, 0.5) is 8.78 Å². The van der Waals surface area contributed by atoms with Crippen molar-refractivity contribution in [2.45, 2.75) is 57.8 Å². The summed E-state index contributed by atoms with van der Waals surface area (Å²) in [7, 11) is 0.